The summed E-state index contributed by atoms with van der Waals surface area (Å²) in [7, 11) is 4.56. The van der Waals surface area contributed by atoms with E-state index in [2.05, 4.69) is 0 Å². The molecular formula is C29H24O9. The summed E-state index contributed by atoms with van der Waals surface area (Å²) in [6.07, 6.45) is 1.71. The van der Waals surface area contributed by atoms with Crippen LogP contribution in [0.1, 0.15) is 39.4 Å². The molecule has 0 amide bonds. The third-order valence-corrected chi connectivity index (χ3v) is 6.73. The van der Waals surface area contributed by atoms with E-state index in [9.17, 15) is 9.59 Å². The quantitative estimate of drug-likeness (QED) is 0.275. The number of carbonyl (C=O) groups excluding carboxylic acids is 2. The van der Waals surface area contributed by atoms with E-state index in [1.165, 1.54) is 21.3 Å². The Balaban J connectivity index is 1.42. The van der Waals surface area contributed by atoms with Crippen LogP contribution in [0.2, 0.25) is 0 Å². The van der Waals surface area contributed by atoms with Crippen LogP contribution < -0.4 is 33.2 Å². The van der Waals surface area contributed by atoms with Crippen molar-refractivity contribution in [3.05, 3.63) is 70.5 Å². The van der Waals surface area contributed by atoms with E-state index >= 15 is 0 Å². The standard InChI is InChI=1S/C29H24O9/c1-32-23-11-15(12-24(33-2)29(23)34-3)10-22-27(31)17-5-7-20-26(28(17)38-22)18(14-25(30)37-20)16-4-6-19-21(13-16)36-9-8-35-19/h4-7,10-13,18H,8-9,14H2,1-3H3. The minimum absolute atomic E-state index is 0.0899. The van der Waals surface area contributed by atoms with Gasteiger partial charge >= 0.3 is 5.97 Å². The summed E-state index contributed by atoms with van der Waals surface area (Å²) in [5.41, 5.74) is 2.49. The highest BCUT2D eigenvalue weighted by Crippen LogP contribution is 2.50. The molecule has 0 N–H and O–H groups in total. The van der Waals surface area contributed by atoms with E-state index in [-0.39, 0.29) is 23.9 Å². The number of hydrogen-bond acceptors (Lipinski definition) is 9. The smallest absolute Gasteiger partial charge is 0.312 e. The van der Waals surface area contributed by atoms with Crippen LogP contribution in [-0.4, -0.2) is 46.3 Å². The van der Waals surface area contributed by atoms with E-state index in [1.807, 2.05) is 18.2 Å². The molecule has 194 valence electrons. The summed E-state index contributed by atoms with van der Waals surface area (Å²) in [5, 5.41) is 0. The topological polar surface area (TPSA) is 98.8 Å². The van der Waals surface area contributed by atoms with Gasteiger partial charge in [0.1, 0.15) is 24.7 Å². The lowest BCUT2D eigenvalue weighted by Gasteiger charge is -2.27. The van der Waals surface area contributed by atoms with Gasteiger partial charge in [0.05, 0.1) is 33.3 Å². The maximum absolute atomic E-state index is 13.4. The Labute approximate surface area is 218 Å². The fourth-order valence-corrected chi connectivity index (χ4v) is 5.00. The lowest BCUT2D eigenvalue weighted by atomic mass is 9.84. The molecule has 3 aromatic rings. The van der Waals surface area contributed by atoms with Gasteiger partial charge in [-0.3, -0.25) is 9.59 Å². The van der Waals surface area contributed by atoms with Crippen LogP contribution in [0, 0.1) is 0 Å². The highest BCUT2D eigenvalue weighted by atomic mass is 16.6. The number of benzene rings is 3. The second-order valence-electron chi connectivity index (χ2n) is 8.89. The van der Waals surface area contributed by atoms with Gasteiger partial charge < -0.3 is 33.2 Å². The molecule has 0 fully saturated rings. The fraction of sp³-hybridized carbons (Fsp3) is 0.241. The van der Waals surface area contributed by atoms with E-state index in [4.69, 9.17) is 33.2 Å². The first-order chi connectivity index (χ1) is 18.5. The van der Waals surface area contributed by atoms with Gasteiger partial charge in [-0.1, -0.05) is 6.07 Å². The maximum Gasteiger partial charge on any atom is 0.312 e. The Morgan fingerprint density at radius 3 is 2.24 bits per heavy atom. The van der Waals surface area contributed by atoms with Crippen LogP contribution in [0.5, 0.6) is 40.2 Å². The molecule has 0 saturated heterocycles. The normalized spacial score (nSPS) is 18.3. The number of Topliss-reactive ketones (excluding diaryl/α,β-unsaturated/α-hetero) is 1. The van der Waals surface area contributed by atoms with Gasteiger partial charge in [-0.2, -0.15) is 0 Å². The molecule has 0 aliphatic carbocycles. The highest BCUT2D eigenvalue weighted by molar-refractivity contribution is 6.15. The van der Waals surface area contributed by atoms with Crippen molar-refractivity contribution in [3.8, 4) is 40.2 Å². The van der Waals surface area contributed by atoms with Crippen LogP contribution in [0.15, 0.2) is 48.2 Å². The zero-order chi connectivity index (χ0) is 26.4. The van der Waals surface area contributed by atoms with Crippen molar-refractivity contribution in [3.63, 3.8) is 0 Å². The van der Waals surface area contributed by atoms with Gasteiger partial charge in [-0.05, 0) is 53.6 Å². The number of carbonyl (C=O) groups is 2. The molecule has 9 nitrogen and oxygen atoms in total. The second-order valence-corrected chi connectivity index (χ2v) is 8.89. The minimum atomic E-state index is -0.398. The molecule has 3 aliphatic rings. The van der Waals surface area contributed by atoms with Crippen LogP contribution in [0.3, 0.4) is 0 Å². The molecule has 3 aliphatic heterocycles. The lowest BCUT2D eigenvalue weighted by Crippen LogP contribution is -2.22. The van der Waals surface area contributed by atoms with Crippen LogP contribution >= 0.6 is 0 Å². The summed E-state index contributed by atoms with van der Waals surface area (Å²) in [5.74, 6) is 2.42. The SMILES string of the molecule is COc1cc(C=C2Oc3c(ccc4c3C(c3ccc5c(c3)OCCO5)CC(=O)O4)C2=O)cc(OC)c1OC. The number of ketones is 1. The van der Waals surface area contributed by atoms with Crippen molar-refractivity contribution < 1.29 is 42.7 Å². The van der Waals surface area contributed by atoms with Gasteiger partial charge in [0, 0.05) is 11.5 Å². The number of hydrogen-bond donors (Lipinski definition) is 0. The summed E-state index contributed by atoms with van der Waals surface area (Å²) in [4.78, 5) is 25.9. The first-order valence-corrected chi connectivity index (χ1v) is 12.0. The van der Waals surface area contributed by atoms with Crippen LogP contribution in [0.25, 0.3) is 6.08 Å². The summed E-state index contributed by atoms with van der Waals surface area (Å²) >= 11 is 0. The lowest BCUT2D eigenvalue weighted by molar-refractivity contribution is -0.135. The molecule has 1 unspecified atom stereocenters. The summed E-state index contributed by atoms with van der Waals surface area (Å²) in [6, 6.07) is 12.3. The van der Waals surface area contributed by atoms with Gasteiger partial charge in [0.15, 0.2) is 28.8 Å². The molecule has 6 rings (SSSR count). The third kappa shape index (κ3) is 3.87. The van der Waals surface area contributed by atoms with Crippen molar-refractivity contribution in [2.75, 3.05) is 34.5 Å². The number of ether oxygens (including phenoxy) is 7. The number of rotatable bonds is 5. The maximum atomic E-state index is 13.4. The van der Waals surface area contributed by atoms with Crippen molar-refractivity contribution >= 4 is 17.8 Å². The van der Waals surface area contributed by atoms with Crippen molar-refractivity contribution in [1.29, 1.82) is 0 Å². The van der Waals surface area contributed by atoms with Gasteiger partial charge in [0.2, 0.25) is 11.5 Å². The number of fused-ring (bicyclic) bond motifs is 4. The Hall–Kier alpha value is -4.66. The molecule has 0 aromatic heterocycles. The molecule has 0 spiro atoms. The molecule has 0 radical (unpaired) electrons. The van der Waals surface area contributed by atoms with Gasteiger partial charge in [-0.15, -0.1) is 0 Å². The fourth-order valence-electron chi connectivity index (χ4n) is 5.00. The molecule has 3 aromatic carbocycles. The van der Waals surface area contributed by atoms with Crippen molar-refractivity contribution in [2.45, 2.75) is 12.3 Å². The monoisotopic (exact) mass is 516 g/mol. The van der Waals surface area contributed by atoms with E-state index in [1.54, 1.807) is 30.3 Å². The average molecular weight is 517 g/mol. The largest absolute Gasteiger partial charge is 0.493 e. The molecule has 0 saturated carbocycles. The minimum Gasteiger partial charge on any atom is -0.493 e. The first kappa shape index (κ1) is 23.7. The summed E-state index contributed by atoms with van der Waals surface area (Å²) in [6.45, 7) is 0.928. The number of esters is 1. The molecule has 38 heavy (non-hydrogen) atoms. The zero-order valence-electron chi connectivity index (χ0n) is 21.0. The Morgan fingerprint density at radius 2 is 1.53 bits per heavy atom. The van der Waals surface area contributed by atoms with Crippen LogP contribution in [0.4, 0.5) is 0 Å². The molecular weight excluding hydrogens is 492 g/mol. The Morgan fingerprint density at radius 1 is 0.816 bits per heavy atom. The van der Waals surface area contributed by atoms with E-state index in [0.717, 1.165) is 5.56 Å². The Kier molecular flexibility index (Phi) is 5.83. The molecule has 1 atom stereocenters. The summed E-state index contributed by atoms with van der Waals surface area (Å²) < 4.78 is 39.4. The van der Waals surface area contributed by atoms with E-state index < -0.39 is 5.92 Å². The number of methoxy groups -OCH3 is 3. The molecule has 9 heteroatoms. The Bertz CT molecular complexity index is 1480. The second kappa shape index (κ2) is 9.33. The predicted molar refractivity (Wildman–Crippen MR) is 135 cm³/mol. The molecule has 0 bridgehead atoms. The third-order valence-electron chi connectivity index (χ3n) is 6.73. The molecule has 3 heterocycles. The average Bonchev–Trinajstić information content (AvgIpc) is 3.26. The van der Waals surface area contributed by atoms with Crippen LogP contribution in [-0.2, 0) is 4.79 Å². The van der Waals surface area contributed by atoms with Crippen molar-refractivity contribution in [2.24, 2.45) is 0 Å². The zero-order valence-corrected chi connectivity index (χ0v) is 21.0. The van der Waals surface area contributed by atoms with E-state index in [0.29, 0.717) is 70.2 Å². The number of allylic oxidation sites excluding steroid dienone is 1. The highest BCUT2D eigenvalue weighted by Gasteiger charge is 2.39. The first-order valence-electron chi connectivity index (χ1n) is 12.0. The van der Waals surface area contributed by atoms with Crippen molar-refractivity contribution in [1.82, 2.24) is 0 Å². The van der Waals surface area contributed by atoms with Gasteiger partial charge in [-0.25, -0.2) is 0 Å². The van der Waals surface area contributed by atoms with Gasteiger partial charge in [0.25, 0.3) is 0 Å². The predicted octanol–water partition coefficient (Wildman–Crippen LogP) is 4.54.